The van der Waals surface area contributed by atoms with Gasteiger partial charge in [-0.25, -0.2) is 0 Å². The molecule has 0 unspecified atom stereocenters. The van der Waals surface area contributed by atoms with Gasteiger partial charge < -0.3 is 19.4 Å². The number of hydrogen-bond acceptors (Lipinski definition) is 5. The van der Waals surface area contributed by atoms with E-state index in [2.05, 4.69) is 5.32 Å². The van der Waals surface area contributed by atoms with Crippen molar-refractivity contribution < 1.29 is 23.5 Å². The van der Waals surface area contributed by atoms with Gasteiger partial charge in [-0.15, -0.1) is 0 Å². The summed E-state index contributed by atoms with van der Waals surface area (Å²) in [4.78, 5) is 40.5. The third-order valence-electron chi connectivity index (χ3n) is 6.34. The van der Waals surface area contributed by atoms with Crippen molar-refractivity contribution in [3.8, 4) is 0 Å². The van der Waals surface area contributed by atoms with E-state index in [1.54, 1.807) is 11.8 Å². The SMILES string of the molecule is CCOC(=O)[C@@]12CCC3=C1N(CCC3)C(=O)[C@H](CC(=O)NCc1ccc(C)o1)C2. The first-order chi connectivity index (χ1) is 13.9. The van der Waals surface area contributed by atoms with Gasteiger partial charge in [-0.3, -0.25) is 14.4 Å². The van der Waals surface area contributed by atoms with Crippen molar-refractivity contribution in [3.05, 3.63) is 34.9 Å². The largest absolute Gasteiger partial charge is 0.465 e. The topological polar surface area (TPSA) is 88.8 Å². The summed E-state index contributed by atoms with van der Waals surface area (Å²) < 4.78 is 10.9. The predicted octanol–water partition coefficient (Wildman–Crippen LogP) is 2.83. The molecule has 7 nitrogen and oxygen atoms in total. The molecule has 0 radical (unpaired) electrons. The third-order valence-corrected chi connectivity index (χ3v) is 6.34. The summed E-state index contributed by atoms with van der Waals surface area (Å²) in [5, 5.41) is 2.83. The fraction of sp³-hybridized carbons (Fsp3) is 0.591. The first-order valence-electron chi connectivity index (χ1n) is 10.5. The van der Waals surface area contributed by atoms with Crippen LogP contribution >= 0.6 is 0 Å². The number of rotatable bonds is 6. The molecule has 1 fully saturated rings. The highest BCUT2D eigenvalue weighted by Gasteiger charge is 2.57. The van der Waals surface area contributed by atoms with Gasteiger partial charge in [0.05, 0.1) is 13.2 Å². The molecule has 7 heteroatoms. The number of ether oxygens (including phenoxy) is 1. The van der Waals surface area contributed by atoms with Crippen LogP contribution in [0.4, 0.5) is 0 Å². The van der Waals surface area contributed by atoms with Crippen molar-refractivity contribution in [2.24, 2.45) is 11.3 Å². The molecular weight excluding hydrogens is 372 g/mol. The third kappa shape index (κ3) is 3.47. The summed E-state index contributed by atoms with van der Waals surface area (Å²) in [5.74, 6) is 0.451. The fourth-order valence-corrected chi connectivity index (χ4v) is 5.11. The highest BCUT2D eigenvalue weighted by molar-refractivity contribution is 5.93. The minimum absolute atomic E-state index is 0.0389. The van der Waals surface area contributed by atoms with E-state index in [9.17, 15) is 14.4 Å². The van der Waals surface area contributed by atoms with Crippen LogP contribution in [0.15, 0.2) is 27.8 Å². The maximum atomic E-state index is 13.2. The van der Waals surface area contributed by atoms with Gasteiger partial charge in [0.2, 0.25) is 11.8 Å². The van der Waals surface area contributed by atoms with Crippen LogP contribution in [0.2, 0.25) is 0 Å². The van der Waals surface area contributed by atoms with Crippen molar-refractivity contribution >= 4 is 17.8 Å². The molecule has 0 aromatic carbocycles. The summed E-state index contributed by atoms with van der Waals surface area (Å²) in [6, 6.07) is 3.67. The molecule has 0 bridgehead atoms. The van der Waals surface area contributed by atoms with Crippen LogP contribution in [-0.2, 0) is 25.7 Å². The van der Waals surface area contributed by atoms with E-state index in [-0.39, 0.29) is 30.7 Å². The second-order valence-electron chi connectivity index (χ2n) is 8.24. The molecule has 29 heavy (non-hydrogen) atoms. The number of esters is 1. The molecule has 1 aromatic rings. The van der Waals surface area contributed by atoms with E-state index in [1.807, 2.05) is 19.1 Å². The standard InChI is InChI=1S/C22H28N2O5/c1-3-28-21(27)22-9-8-15-5-4-10-24(19(15)22)20(26)16(12-22)11-18(25)23-13-17-7-6-14(2)29-17/h6-7,16H,3-5,8-13H2,1-2H3,(H,23,25)/t16-,22-/m1/s1. The Hall–Kier alpha value is -2.57. The van der Waals surface area contributed by atoms with Crippen LogP contribution in [0.5, 0.6) is 0 Å². The number of aryl methyl sites for hydroxylation is 1. The van der Waals surface area contributed by atoms with Crippen LogP contribution in [0.25, 0.3) is 0 Å². The van der Waals surface area contributed by atoms with Gasteiger partial charge in [0, 0.05) is 24.6 Å². The van der Waals surface area contributed by atoms with E-state index >= 15 is 0 Å². The average molecular weight is 400 g/mol. The highest BCUT2D eigenvalue weighted by atomic mass is 16.5. The fourth-order valence-electron chi connectivity index (χ4n) is 5.11. The Kier molecular flexibility index (Phi) is 5.23. The smallest absolute Gasteiger partial charge is 0.318 e. The molecular formula is C22H28N2O5. The summed E-state index contributed by atoms with van der Waals surface area (Å²) in [6.07, 6.45) is 3.76. The first kappa shape index (κ1) is 19.7. The number of hydrogen-bond donors (Lipinski definition) is 1. The van der Waals surface area contributed by atoms with Crippen molar-refractivity contribution in [2.75, 3.05) is 13.2 Å². The lowest BCUT2D eigenvalue weighted by Gasteiger charge is -2.45. The highest BCUT2D eigenvalue weighted by Crippen LogP contribution is 2.55. The average Bonchev–Trinajstić information content (AvgIpc) is 3.29. The van der Waals surface area contributed by atoms with Gasteiger partial charge in [-0.2, -0.15) is 0 Å². The van der Waals surface area contributed by atoms with Crippen LogP contribution < -0.4 is 5.32 Å². The number of amides is 2. The van der Waals surface area contributed by atoms with Gasteiger partial charge in [0.1, 0.15) is 16.9 Å². The summed E-state index contributed by atoms with van der Waals surface area (Å²) in [6.45, 7) is 4.86. The molecule has 3 heterocycles. The summed E-state index contributed by atoms with van der Waals surface area (Å²) >= 11 is 0. The van der Waals surface area contributed by atoms with Gasteiger partial charge in [-0.1, -0.05) is 0 Å². The van der Waals surface area contributed by atoms with E-state index in [1.165, 1.54) is 5.57 Å². The van der Waals surface area contributed by atoms with Crippen molar-refractivity contribution in [1.29, 1.82) is 0 Å². The van der Waals surface area contributed by atoms with E-state index in [0.717, 1.165) is 30.7 Å². The second kappa shape index (κ2) is 7.69. The van der Waals surface area contributed by atoms with Gasteiger partial charge >= 0.3 is 5.97 Å². The molecule has 4 rings (SSSR count). The van der Waals surface area contributed by atoms with Gasteiger partial charge in [-0.05, 0) is 63.7 Å². The van der Waals surface area contributed by atoms with Crippen molar-refractivity contribution in [2.45, 2.75) is 58.9 Å². The monoisotopic (exact) mass is 400 g/mol. The zero-order chi connectivity index (χ0) is 20.6. The quantitative estimate of drug-likeness (QED) is 0.742. The van der Waals surface area contributed by atoms with Gasteiger partial charge in [0.15, 0.2) is 0 Å². The van der Waals surface area contributed by atoms with Gasteiger partial charge in [0.25, 0.3) is 0 Å². The lowest BCUT2D eigenvalue weighted by Crippen LogP contribution is -2.53. The molecule has 1 N–H and O–H groups in total. The summed E-state index contributed by atoms with van der Waals surface area (Å²) in [7, 11) is 0. The molecule has 3 aliphatic rings. The first-order valence-corrected chi connectivity index (χ1v) is 10.5. The van der Waals surface area contributed by atoms with Crippen LogP contribution in [0.3, 0.4) is 0 Å². The molecule has 1 aromatic heterocycles. The van der Waals surface area contributed by atoms with Crippen molar-refractivity contribution in [3.63, 3.8) is 0 Å². The number of carbonyl (C=O) groups is 3. The van der Waals surface area contributed by atoms with Crippen molar-refractivity contribution in [1.82, 2.24) is 10.2 Å². The lowest BCUT2D eigenvalue weighted by molar-refractivity contribution is -0.161. The van der Waals surface area contributed by atoms with E-state index in [4.69, 9.17) is 9.15 Å². The predicted molar refractivity (Wildman–Crippen MR) is 104 cm³/mol. The lowest BCUT2D eigenvalue weighted by atomic mass is 9.71. The van der Waals surface area contributed by atoms with Crippen LogP contribution in [0, 0.1) is 18.3 Å². The maximum absolute atomic E-state index is 13.2. The molecule has 0 spiro atoms. The second-order valence-corrected chi connectivity index (χ2v) is 8.24. The molecule has 1 aliphatic carbocycles. The Morgan fingerprint density at radius 2 is 2.17 bits per heavy atom. The molecule has 2 amide bonds. The normalized spacial score (nSPS) is 25.8. The zero-order valence-corrected chi connectivity index (χ0v) is 17.1. The minimum Gasteiger partial charge on any atom is -0.465 e. The number of nitrogens with one attached hydrogen (secondary N) is 1. The van der Waals surface area contributed by atoms with E-state index < -0.39 is 11.3 Å². The Morgan fingerprint density at radius 1 is 1.34 bits per heavy atom. The summed E-state index contributed by atoms with van der Waals surface area (Å²) in [5.41, 5.74) is 1.33. The molecule has 1 saturated heterocycles. The number of piperidine rings is 1. The molecule has 156 valence electrons. The maximum Gasteiger partial charge on any atom is 0.318 e. The number of nitrogens with zero attached hydrogens (tertiary/aromatic N) is 1. The minimum atomic E-state index is -0.775. The number of allylic oxidation sites excluding steroid dienone is 1. The van der Waals surface area contributed by atoms with Crippen LogP contribution in [0.1, 0.15) is 57.0 Å². The molecule has 2 aliphatic heterocycles. The zero-order valence-electron chi connectivity index (χ0n) is 17.1. The molecule has 2 atom stereocenters. The Labute approximate surface area is 170 Å². The number of carbonyl (C=O) groups excluding carboxylic acids is 3. The Morgan fingerprint density at radius 3 is 2.90 bits per heavy atom. The number of furan rings is 1. The molecule has 0 saturated carbocycles. The Bertz CT molecular complexity index is 870. The van der Waals surface area contributed by atoms with E-state index in [0.29, 0.717) is 31.8 Å². The Balaban J connectivity index is 1.51. The van der Waals surface area contributed by atoms with Crippen LogP contribution in [-0.4, -0.2) is 35.8 Å².